The van der Waals surface area contributed by atoms with Crippen molar-refractivity contribution in [3.05, 3.63) is 88.9 Å². The fraction of sp³-hybridized carbons (Fsp3) is 0.231. The Hall–Kier alpha value is -3.31. The summed E-state index contributed by atoms with van der Waals surface area (Å²) in [6.07, 6.45) is 0.315. The Morgan fingerprint density at radius 1 is 0.875 bits per heavy atom. The highest BCUT2D eigenvalue weighted by atomic mass is 35.5. The molecule has 0 aromatic heterocycles. The zero-order valence-electron chi connectivity index (χ0n) is 18.0. The first-order valence-electron chi connectivity index (χ1n) is 10.6. The first kappa shape index (κ1) is 21.9. The lowest BCUT2D eigenvalue weighted by Crippen LogP contribution is -2.51. The SMILES string of the molecule is COc1ccccc1-c1cccc(C(=O)N2CCN(C(=O)Cc3cccc(Cl)c3)CC2)c1. The summed E-state index contributed by atoms with van der Waals surface area (Å²) in [4.78, 5) is 29.4. The third-order valence-electron chi connectivity index (χ3n) is 5.69. The molecule has 1 aliphatic rings. The molecule has 3 aromatic rings. The van der Waals surface area contributed by atoms with Gasteiger partial charge in [0.15, 0.2) is 0 Å². The first-order valence-corrected chi connectivity index (χ1v) is 11.0. The van der Waals surface area contributed by atoms with Gasteiger partial charge in [-0.15, -0.1) is 0 Å². The molecule has 0 radical (unpaired) electrons. The molecule has 1 fully saturated rings. The van der Waals surface area contributed by atoms with Crippen molar-refractivity contribution in [3.8, 4) is 16.9 Å². The van der Waals surface area contributed by atoms with Crippen LogP contribution in [0.4, 0.5) is 0 Å². The van der Waals surface area contributed by atoms with E-state index in [1.807, 2.05) is 76.5 Å². The Kier molecular flexibility index (Phi) is 6.76. The zero-order valence-corrected chi connectivity index (χ0v) is 18.7. The van der Waals surface area contributed by atoms with Crippen molar-refractivity contribution in [2.24, 2.45) is 0 Å². The minimum absolute atomic E-state index is 0.0244. The molecule has 6 heteroatoms. The molecule has 0 N–H and O–H groups in total. The smallest absolute Gasteiger partial charge is 0.253 e. The van der Waals surface area contributed by atoms with Gasteiger partial charge in [-0.3, -0.25) is 9.59 Å². The number of halogens is 1. The van der Waals surface area contributed by atoms with Gasteiger partial charge in [-0.25, -0.2) is 0 Å². The minimum Gasteiger partial charge on any atom is -0.496 e. The van der Waals surface area contributed by atoms with Gasteiger partial charge in [0.05, 0.1) is 13.5 Å². The molecular formula is C26H25ClN2O3. The molecule has 3 aromatic carbocycles. The van der Waals surface area contributed by atoms with E-state index in [0.717, 1.165) is 22.4 Å². The lowest BCUT2D eigenvalue weighted by atomic mass is 10.0. The van der Waals surface area contributed by atoms with Crippen LogP contribution < -0.4 is 4.74 Å². The van der Waals surface area contributed by atoms with E-state index in [9.17, 15) is 9.59 Å². The number of carbonyl (C=O) groups is 2. The number of ether oxygens (including phenoxy) is 1. The van der Waals surface area contributed by atoms with E-state index < -0.39 is 0 Å². The number of amides is 2. The zero-order chi connectivity index (χ0) is 22.5. The monoisotopic (exact) mass is 448 g/mol. The van der Waals surface area contributed by atoms with Crippen molar-refractivity contribution < 1.29 is 14.3 Å². The van der Waals surface area contributed by atoms with Crippen LogP contribution in [0.1, 0.15) is 15.9 Å². The van der Waals surface area contributed by atoms with Crippen LogP contribution in [0.5, 0.6) is 5.75 Å². The van der Waals surface area contributed by atoms with Gasteiger partial charge in [-0.2, -0.15) is 0 Å². The molecule has 0 unspecified atom stereocenters. The standard InChI is InChI=1S/C26H25ClN2O3/c1-32-24-11-3-2-10-23(24)20-7-5-8-21(18-20)26(31)29-14-12-28(13-15-29)25(30)17-19-6-4-9-22(27)16-19/h2-11,16,18H,12-15,17H2,1H3. The largest absolute Gasteiger partial charge is 0.496 e. The van der Waals surface area contributed by atoms with Crippen LogP contribution in [0, 0.1) is 0 Å². The number of rotatable bonds is 5. The second-order valence-corrected chi connectivity index (χ2v) is 8.20. The lowest BCUT2D eigenvalue weighted by Gasteiger charge is -2.35. The molecular weight excluding hydrogens is 424 g/mol. The molecule has 4 rings (SSSR count). The van der Waals surface area contributed by atoms with Crippen molar-refractivity contribution >= 4 is 23.4 Å². The van der Waals surface area contributed by atoms with Crippen molar-refractivity contribution in [2.75, 3.05) is 33.3 Å². The Morgan fingerprint density at radius 3 is 2.34 bits per heavy atom. The molecule has 2 amide bonds. The highest BCUT2D eigenvalue weighted by Crippen LogP contribution is 2.30. The second kappa shape index (κ2) is 9.88. The summed E-state index contributed by atoms with van der Waals surface area (Å²) in [5.41, 5.74) is 3.41. The summed E-state index contributed by atoms with van der Waals surface area (Å²) >= 11 is 6.02. The Labute approximate surface area is 193 Å². The van der Waals surface area contributed by atoms with Gasteiger partial charge in [0, 0.05) is 42.3 Å². The lowest BCUT2D eigenvalue weighted by molar-refractivity contribution is -0.131. The van der Waals surface area contributed by atoms with Crippen LogP contribution in [-0.2, 0) is 11.2 Å². The number of piperazine rings is 1. The fourth-order valence-electron chi connectivity index (χ4n) is 3.98. The summed E-state index contributed by atoms with van der Waals surface area (Å²) in [5.74, 6) is 0.796. The molecule has 164 valence electrons. The van der Waals surface area contributed by atoms with Crippen LogP contribution >= 0.6 is 11.6 Å². The molecule has 1 heterocycles. The topological polar surface area (TPSA) is 49.9 Å². The van der Waals surface area contributed by atoms with Gasteiger partial charge in [0.25, 0.3) is 5.91 Å². The number of benzene rings is 3. The van der Waals surface area contributed by atoms with Crippen molar-refractivity contribution in [3.63, 3.8) is 0 Å². The third-order valence-corrected chi connectivity index (χ3v) is 5.93. The molecule has 1 aliphatic heterocycles. The van der Waals surface area contributed by atoms with E-state index in [0.29, 0.717) is 43.2 Å². The fourth-order valence-corrected chi connectivity index (χ4v) is 4.19. The van der Waals surface area contributed by atoms with Crippen LogP contribution in [0.15, 0.2) is 72.8 Å². The van der Waals surface area contributed by atoms with E-state index in [2.05, 4.69) is 0 Å². The molecule has 5 nitrogen and oxygen atoms in total. The summed E-state index contributed by atoms with van der Waals surface area (Å²) in [7, 11) is 1.64. The Balaban J connectivity index is 1.40. The van der Waals surface area contributed by atoms with E-state index in [1.54, 1.807) is 13.2 Å². The molecule has 0 saturated carbocycles. The second-order valence-electron chi connectivity index (χ2n) is 7.76. The maximum absolute atomic E-state index is 13.1. The molecule has 0 aliphatic carbocycles. The average molecular weight is 449 g/mol. The van der Waals surface area contributed by atoms with Gasteiger partial charge in [-0.1, -0.05) is 54.1 Å². The molecule has 0 spiro atoms. The average Bonchev–Trinajstić information content (AvgIpc) is 2.83. The summed E-state index contributed by atoms with van der Waals surface area (Å²) in [6.45, 7) is 2.08. The molecule has 32 heavy (non-hydrogen) atoms. The number of para-hydroxylation sites is 1. The number of carbonyl (C=O) groups excluding carboxylic acids is 2. The molecule has 0 bridgehead atoms. The first-order chi connectivity index (χ1) is 15.5. The number of methoxy groups -OCH3 is 1. The highest BCUT2D eigenvalue weighted by molar-refractivity contribution is 6.30. The van der Waals surface area contributed by atoms with Crippen LogP contribution in [0.2, 0.25) is 5.02 Å². The van der Waals surface area contributed by atoms with E-state index in [1.165, 1.54) is 0 Å². The minimum atomic E-state index is -0.0244. The maximum atomic E-state index is 13.1. The number of hydrogen-bond donors (Lipinski definition) is 0. The summed E-state index contributed by atoms with van der Waals surface area (Å²) < 4.78 is 5.46. The van der Waals surface area contributed by atoms with Gasteiger partial charge in [-0.05, 0) is 41.5 Å². The van der Waals surface area contributed by atoms with Crippen LogP contribution in [0.3, 0.4) is 0 Å². The van der Waals surface area contributed by atoms with Gasteiger partial charge < -0.3 is 14.5 Å². The van der Waals surface area contributed by atoms with Crippen LogP contribution in [-0.4, -0.2) is 54.9 Å². The van der Waals surface area contributed by atoms with Gasteiger partial charge >= 0.3 is 0 Å². The van der Waals surface area contributed by atoms with E-state index in [4.69, 9.17) is 16.3 Å². The quantitative estimate of drug-likeness (QED) is 0.575. The Bertz CT molecular complexity index is 1120. The normalized spacial score (nSPS) is 13.7. The maximum Gasteiger partial charge on any atom is 0.253 e. The molecule has 1 saturated heterocycles. The third kappa shape index (κ3) is 4.94. The predicted octanol–water partition coefficient (Wildman–Crippen LogP) is 4.54. The summed E-state index contributed by atoms with van der Waals surface area (Å²) in [5, 5.41) is 0.626. The highest BCUT2D eigenvalue weighted by Gasteiger charge is 2.25. The van der Waals surface area contributed by atoms with Crippen molar-refractivity contribution in [1.82, 2.24) is 9.80 Å². The predicted molar refractivity (Wildman–Crippen MR) is 126 cm³/mol. The molecule has 0 atom stereocenters. The number of nitrogens with zero attached hydrogens (tertiary/aromatic N) is 2. The Morgan fingerprint density at radius 2 is 1.59 bits per heavy atom. The van der Waals surface area contributed by atoms with E-state index in [-0.39, 0.29) is 11.8 Å². The van der Waals surface area contributed by atoms with Gasteiger partial charge in [0.2, 0.25) is 5.91 Å². The van der Waals surface area contributed by atoms with Crippen LogP contribution in [0.25, 0.3) is 11.1 Å². The summed E-state index contributed by atoms with van der Waals surface area (Å²) in [6, 6.07) is 22.7. The number of hydrogen-bond acceptors (Lipinski definition) is 3. The van der Waals surface area contributed by atoms with Gasteiger partial charge in [0.1, 0.15) is 5.75 Å². The van der Waals surface area contributed by atoms with E-state index >= 15 is 0 Å². The van der Waals surface area contributed by atoms with Crippen molar-refractivity contribution in [1.29, 1.82) is 0 Å². The van der Waals surface area contributed by atoms with Crippen molar-refractivity contribution in [2.45, 2.75) is 6.42 Å².